The summed E-state index contributed by atoms with van der Waals surface area (Å²) < 4.78 is 18.2. The molecule has 0 saturated carbocycles. The van der Waals surface area contributed by atoms with Gasteiger partial charge in [-0.3, -0.25) is 4.79 Å². The van der Waals surface area contributed by atoms with Gasteiger partial charge in [0.1, 0.15) is 17.2 Å². The van der Waals surface area contributed by atoms with E-state index in [-0.39, 0.29) is 5.56 Å². The highest BCUT2D eigenvalue weighted by Gasteiger charge is 2.15. The highest BCUT2D eigenvalue weighted by atomic mass is 32.1. The minimum atomic E-state index is -0.0950. The van der Waals surface area contributed by atoms with E-state index in [1.54, 1.807) is 37.4 Å². The zero-order valence-electron chi connectivity index (χ0n) is 12.5. The predicted octanol–water partition coefficient (Wildman–Crippen LogP) is 3.08. The molecule has 0 radical (unpaired) electrons. The Morgan fingerprint density at radius 1 is 0.909 bits per heavy atom. The highest BCUT2D eigenvalue weighted by Crippen LogP contribution is 2.33. The van der Waals surface area contributed by atoms with Gasteiger partial charge in [0, 0.05) is 6.07 Å². The SMILES string of the molecule is COc1ccc(-n2sc3c(OC)cc(OC)cc3c2=O)cc1. The van der Waals surface area contributed by atoms with Crippen LogP contribution in [0.1, 0.15) is 0 Å². The van der Waals surface area contributed by atoms with Crippen LogP contribution in [0.4, 0.5) is 0 Å². The Labute approximate surface area is 131 Å². The molecule has 0 aliphatic carbocycles. The third-order valence-corrected chi connectivity index (χ3v) is 4.55. The van der Waals surface area contributed by atoms with Crippen LogP contribution >= 0.6 is 11.5 Å². The van der Waals surface area contributed by atoms with Gasteiger partial charge in [-0.05, 0) is 41.9 Å². The number of nitrogens with zero attached hydrogens (tertiary/aromatic N) is 1. The lowest BCUT2D eigenvalue weighted by molar-refractivity contribution is 0.398. The molecule has 0 aliphatic heterocycles. The fraction of sp³-hybridized carbons (Fsp3) is 0.188. The smallest absolute Gasteiger partial charge is 0.273 e. The lowest BCUT2D eigenvalue weighted by atomic mass is 10.2. The normalized spacial score (nSPS) is 10.7. The van der Waals surface area contributed by atoms with Gasteiger partial charge in [0.2, 0.25) is 0 Å². The second-order valence-electron chi connectivity index (χ2n) is 4.60. The fourth-order valence-electron chi connectivity index (χ4n) is 2.23. The lowest BCUT2D eigenvalue weighted by Gasteiger charge is -2.04. The van der Waals surface area contributed by atoms with E-state index >= 15 is 0 Å². The van der Waals surface area contributed by atoms with Crippen LogP contribution in [0.5, 0.6) is 17.2 Å². The van der Waals surface area contributed by atoms with Crippen LogP contribution in [0.2, 0.25) is 0 Å². The number of fused-ring (bicyclic) bond motifs is 1. The number of methoxy groups -OCH3 is 3. The minimum Gasteiger partial charge on any atom is -0.497 e. The summed E-state index contributed by atoms with van der Waals surface area (Å²) in [6.45, 7) is 0. The Balaban J connectivity index is 2.22. The number of rotatable bonds is 4. The van der Waals surface area contributed by atoms with Gasteiger partial charge < -0.3 is 14.2 Å². The maximum absolute atomic E-state index is 12.7. The first-order chi connectivity index (χ1) is 10.7. The molecule has 0 saturated heterocycles. The van der Waals surface area contributed by atoms with E-state index in [2.05, 4.69) is 0 Å². The van der Waals surface area contributed by atoms with Crippen molar-refractivity contribution in [1.29, 1.82) is 0 Å². The average molecular weight is 317 g/mol. The molecule has 3 aromatic rings. The molecule has 0 spiro atoms. The molecule has 1 heterocycles. The van der Waals surface area contributed by atoms with E-state index in [0.29, 0.717) is 16.9 Å². The monoisotopic (exact) mass is 317 g/mol. The van der Waals surface area contributed by atoms with Crippen LogP contribution in [0.25, 0.3) is 15.8 Å². The molecular weight excluding hydrogens is 302 g/mol. The second kappa shape index (κ2) is 5.73. The van der Waals surface area contributed by atoms with Gasteiger partial charge in [0.25, 0.3) is 5.56 Å². The topological polar surface area (TPSA) is 49.7 Å². The van der Waals surface area contributed by atoms with E-state index in [1.807, 2.05) is 24.3 Å². The number of ether oxygens (including phenoxy) is 3. The first-order valence-electron chi connectivity index (χ1n) is 6.60. The van der Waals surface area contributed by atoms with Gasteiger partial charge in [-0.1, -0.05) is 0 Å². The number of hydrogen-bond acceptors (Lipinski definition) is 5. The summed E-state index contributed by atoms with van der Waals surface area (Å²) in [6.07, 6.45) is 0. The van der Waals surface area contributed by atoms with Crippen molar-refractivity contribution >= 4 is 21.6 Å². The van der Waals surface area contributed by atoms with E-state index in [9.17, 15) is 4.79 Å². The summed E-state index contributed by atoms with van der Waals surface area (Å²) in [7, 11) is 4.75. The summed E-state index contributed by atoms with van der Waals surface area (Å²) in [6, 6.07) is 10.8. The third kappa shape index (κ3) is 2.31. The molecule has 5 nitrogen and oxygen atoms in total. The predicted molar refractivity (Wildman–Crippen MR) is 87.1 cm³/mol. The maximum Gasteiger partial charge on any atom is 0.273 e. The molecule has 0 fully saturated rings. The van der Waals surface area contributed by atoms with E-state index in [4.69, 9.17) is 14.2 Å². The van der Waals surface area contributed by atoms with Crippen molar-refractivity contribution in [2.24, 2.45) is 0 Å². The largest absolute Gasteiger partial charge is 0.497 e. The molecule has 0 N–H and O–H groups in total. The van der Waals surface area contributed by atoms with Crippen molar-refractivity contribution < 1.29 is 14.2 Å². The van der Waals surface area contributed by atoms with Crippen molar-refractivity contribution in [3.8, 4) is 22.9 Å². The Morgan fingerprint density at radius 2 is 1.59 bits per heavy atom. The summed E-state index contributed by atoms with van der Waals surface area (Å²) >= 11 is 1.34. The third-order valence-electron chi connectivity index (χ3n) is 3.39. The highest BCUT2D eigenvalue weighted by molar-refractivity contribution is 7.14. The van der Waals surface area contributed by atoms with Crippen molar-refractivity contribution in [1.82, 2.24) is 3.96 Å². The first-order valence-corrected chi connectivity index (χ1v) is 7.37. The van der Waals surface area contributed by atoms with Gasteiger partial charge in [-0.2, -0.15) is 0 Å². The van der Waals surface area contributed by atoms with Gasteiger partial charge in [-0.25, -0.2) is 3.96 Å². The second-order valence-corrected chi connectivity index (χ2v) is 5.55. The molecular formula is C16H15NO4S. The quantitative estimate of drug-likeness (QED) is 0.742. The van der Waals surface area contributed by atoms with Crippen LogP contribution in [0.3, 0.4) is 0 Å². The van der Waals surface area contributed by atoms with Crippen LogP contribution in [-0.4, -0.2) is 25.3 Å². The standard InChI is InChI=1S/C16H15NO4S/c1-19-11-6-4-10(5-7-11)17-16(18)13-8-12(20-2)9-14(21-3)15(13)22-17/h4-9H,1-3H3. The molecule has 1 aromatic heterocycles. The molecule has 22 heavy (non-hydrogen) atoms. The van der Waals surface area contributed by atoms with E-state index < -0.39 is 0 Å². The minimum absolute atomic E-state index is 0.0950. The molecule has 114 valence electrons. The molecule has 3 rings (SSSR count). The summed E-state index contributed by atoms with van der Waals surface area (Å²) in [5.41, 5.74) is 0.690. The average Bonchev–Trinajstić information content (AvgIpc) is 2.91. The van der Waals surface area contributed by atoms with E-state index in [0.717, 1.165) is 16.1 Å². The van der Waals surface area contributed by atoms with Crippen LogP contribution < -0.4 is 19.8 Å². The Morgan fingerprint density at radius 3 is 2.18 bits per heavy atom. The van der Waals surface area contributed by atoms with Crippen molar-refractivity contribution in [3.63, 3.8) is 0 Å². The molecule has 6 heteroatoms. The van der Waals surface area contributed by atoms with Gasteiger partial charge >= 0.3 is 0 Å². The Hall–Kier alpha value is -2.47. The molecule has 0 atom stereocenters. The molecule has 0 amide bonds. The van der Waals surface area contributed by atoms with E-state index in [1.165, 1.54) is 11.5 Å². The summed E-state index contributed by atoms with van der Waals surface area (Å²) in [5, 5.41) is 0.581. The number of hydrogen-bond donors (Lipinski definition) is 0. The first kappa shape index (κ1) is 14.5. The number of benzene rings is 2. The van der Waals surface area contributed by atoms with Crippen LogP contribution in [0.15, 0.2) is 41.2 Å². The zero-order valence-corrected chi connectivity index (χ0v) is 13.3. The Kier molecular flexibility index (Phi) is 3.77. The van der Waals surface area contributed by atoms with Crippen LogP contribution in [-0.2, 0) is 0 Å². The van der Waals surface area contributed by atoms with Crippen molar-refractivity contribution in [2.75, 3.05) is 21.3 Å². The van der Waals surface area contributed by atoms with Gasteiger partial charge in [0.05, 0.1) is 37.1 Å². The Bertz CT molecular complexity index is 864. The molecule has 0 unspecified atom stereocenters. The summed E-state index contributed by atoms with van der Waals surface area (Å²) in [4.78, 5) is 12.7. The molecule has 0 bridgehead atoms. The van der Waals surface area contributed by atoms with Gasteiger partial charge in [0.15, 0.2) is 0 Å². The fourth-order valence-corrected chi connectivity index (χ4v) is 3.30. The van der Waals surface area contributed by atoms with Crippen LogP contribution in [0, 0.1) is 0 Å². The molecule has 0 aliphatic rings. The lowest BCUT2D eigenvalue weighted by Crippen LogP contribution is -2.10. The van der Waals surface area contributed by atoms with Gasteiger partial charge in [-0.15, -0.1) is 0 Å². The number of aromatic nitrogens is 1. The maximum atomic E-state index is 12.7. The van der Waals surface area contributed by atoms with Crippen molar-refractivity contribution in [2.45, 2.75) is 0 Å². The molecule has 2 aromatic carbocycles. The summed E-state index contributed by atoms with van der Waals surface area (Å²) in [5.74, 6) is 1.97. The van der Waals surface area contributed by atoms with Crippen molar-refractivity contribution in [3.05, 3.63) is 46.8 Å². The zero-order chi connectivity index (χ0) is 15.7.